The lowest BCUT2D eigenvalue weighted by molar-refractivity contribution is -0.137. The number of carboxylic acids is 1. The summed E-state index contributed by atoms with van der Waals surface area (Å²) < 4.78 is 2.23. The molecule has 7 nitrogen and oxygen atoms in total. The maximum absolute atomic E-state index is 13.1. The van der Waals surface area contributed by atoms with E-state index in [1.54, 1.807) is 4.57 Å². The quantitative estimate of drug-likeness (QED) is 0.233. The Kier molecular flexibility index (Phi) is 8.46. The smallest absolute Gasteiger partial charge is 0.303 e. The number of carbonyl (C=O) groups excluding carboxylic acids is 1. The number of amides is 1. The Morgan fingerprint density at radius 1 is 1.19 bits per heavy atom. The van der Waals surface area contributed by atoms with E-state index in [4.69, 9.17) is 5.11 Å². The second kappa shape index (κ2) is 11.3. The minimum Gasteiger partial charge on any atom is -0.481 e. The number of carbonyl (C=O) groups is 2. The molecule has 0 aliphatic rings. The molecule has 0 fully saturated rings. The number of aliphatic carboxylic acids is 1. The highest BCUT2D eigenvalue weighted by atomic mass is 32.2. The lowest BCUT2D eigenvalue weighted by atomic mass is 10.2. The Morgan fingerprint density at radius 2 is 1.94 bits per heavy atom. The fourth-order valence-corrected chi connectivity index (χ4v) is 5.06. The summed E-state index contributed by atoms with van der Waals surface area (Å²) in [6.45, 7) is 4.37. The first-order chi connectivity index (χ1) is 15.4. The highest BCUT2D eigenvalue weighted by molar-refractivity contribution is 8.00. The summed E-state index contributed by atoms with van der Waals surface area (Å²) >= 11 is 2.65. The number of benzene rings is 1. The molecule has 0 spiro atoms. The minimum atomic E-state index is -0.814. The minimum absolute atomic E-state index is 0.112. The topological polar surface area (TPSA) is 101 Å². The number of aromatic nitrogens is 2. The Morgan fingerprint density at radius 3 is 2.62 bits per heavy atom. The first-order valence-electron chi connectivity index (χ1n) is 10.6. The highest BCUT2D eigenvalue weighted by Gasteiger charge is 2.22. The number of aryl methyl sites for hydroxylation is 1. The van der Waals surface area contributed by atoms with Crippen LogP contribution in [-0.4, -0.2) is 31.8 Å². The molecule has 1 atom stereocenters. The van der Waals surface area contributed by atoms with Gasteiger partial charge in [-0.2, -0.15) is 0 Å². The van der Waals surface area contributed by atoms with Crippen LogP contribution in [0, 0.1) is 6.92 Å². The normalized spacial score (nSPS) is 12.1. The number of thioether (sulfide) groups is 1. The maximum atomic E-state index is 13.1. The molecule has 2 heterocycles. The van der Waals surface area contributed by atoms with Gasteiger partial charge in [0.2, 0.25) is 5.91 Å². The van der Waals surface area contributed by atoms with E-state index in [9.17, 15) is 14.4 Å². The third-order valence-corrected chi connectivity index (χ3v) is 7.28. The molecule has 9 heteroatoms. The Hall–Kier alpha value is -2.65. The number of nitrogens with one attached hydrogen (secondary N) is 1. The van der Waals surface area contributed by atoms with Crippen molar-refractivity contribution < 1.29 is 14.7 Å². The van der Waals surface area contributed by atoms with Crippen LogP contribution in [-0.2, 0) is 16.1 Å². The van der Waals surface area contributed by atoms with E-state index in [-0.39, 0.29) is 17.9 Å². The van der Waals surface area contributed by atoms with E-state index in [2.05, 4.69) is 10.3 Å². The SMILES string of the molecule is CC[C@@H](Sc1nc2ccsc2c(=O)n1CCCCCC(=O)O)C(=O)Nc1ccc(C)cc1. The van der Waals surface area contributed by atoms with E-state index < -0.39 is 11.2 Å². The molecule has 2 aromatic heterocycles. The van der Waals surface area contributed by atoms with Crippen molar-refractivity contribution in [1.82, 2.24) is 9.55 Å². The van der Waals surface area contributed by atoms with Gasteiger partial charge in [0.1, 0.15) is 4.70 Å². The van der Waals surface area contributed by atoms with Gasteiger partial charge in [0.25, 0.3) is 5.56 Å². The van der Waals surface area contributed by atoms with Crippen molar-refractivity contribution in [1.29, 1.82) is 0 Å². The molecule has 0 aliphatic heterocycles. The third kappa shape index (κ3) is 6.20. The van der Waals surface area contributed by atoms with Gasteiger partial charge in [-0.05, 0) is 49.8 Å². The molecule has 3 aromatic rings. The van der Waals surface area contributed by atoms with Gasteiger partial charge in [-0.1, -0.05) is 42.8 Å². The predicted molar refractivity (Wildman–Crippen MR) is 130 cm³/mol. The summed E-state index contributed by atoms with van der Waals surface area (Å²) in [6.07, 6.45) is 2.65. The summed E-state index contributed by atoms with van der Waals surface area (Å²) in [6, 6.07) is 9.44. The maximum Gasteiger partial charge on any atom is 0.303 e. The molecular formula is C23H27N3O4S2. The van der Waals surface area contributed by atoms with Gasteiger partial charge in [-0.25, -0.2) is 4.98 Å². The van der Waals surface area contributed by atoms with Crippen LogP contribution < -0.4 is 10.9 Å². The summed E-state index contributed by atoms with van der Waals surface area (Å²) in [5.41, 5.74) is 2.37. The molecule has 170 valence electrons. The van der Waals surface area contributed by atoms with Crippen LogP contribution in [0.25, 0.3) is 10.2 Å². The van der Waals surface area contributed by atoms with Crippen molar-refractivity contribution in [3.63, 3.8) is 0 Å². The van der Waals surface area contributed by atoms with Gasteiger partial charge in [0.15, 0.2) is 5.16 Å². The van der Waals surface area contributed by atoms with Crippen molar-refractivity contribution in [2.75, 3.05) is 5.32 Å². The summed E-state index contributed by atoms with van der Waals surface area (Å²) in [4.78, 5) is 41.4. The molecule has 0 radical (unpaired) electrons. The fourth-order valence-electron chi connectivity index (χ4n) is 3.24. The van der Waals surface area contributed by atoms with Crippen LogP contribution in [0.15, 0.2) is 45.7 Å². The van der Waals surface area contributed by atoms with Crippen molar-refractivity contribution in [2.45, 2.75) is 62.9 Å². The van der Waals surface area contributed by atoms with Crippen LogP contribution in [0.1, 0.15) is 44.6 Å². The molecule has 0 saturated heterocycles. The van der Waals surface area contributed by atoms with E-state index in [1.165, 1.54) is 23.1 Å². The fraction of sp³-hybridized carbons (Fsp3) is 0.391. The molecule has 0 bridgehead atoms. The Labute approximate surface area is 194 Å². The van der Waals surface area contributed by atoms with Gasteiger partial charge < -0.3 is 10.4 Å². The number of rotatable bonds is 11. The summed E-state index contributed by atoms with van der Waals surface area (Å²) in [7, 11) is 0. The van der Waals surface area contributed by atoms with Gasteiger partial charge in [-0.3, -0.25) is 19.0 Å². The largest absolute Gasteiger partial charge is 0.481 e. The van der Waals surface area contributed by atoms with Crippen LogP contribution in [0.5, 0.6) is 0 Å². The number of carboxylic acid groups (broad SMARTS) is 1. The zero-order chi connectivity index (χ0) is 23.1. The van der Waals surface area contributed by atoms with Gasteiger partial charge in [-0.15, -0.1) is 11.3 Å². The first kappa shape index (κ1) is 24.0. The Bertz CT molecular complexity index is 1140. The van der Waals surface area contributed by atoms with Crippen molar-refractivity contribution >= 4 is 50.9 Å². The van der Waals surface area contributed by atoms with Gasteiger partial charge >= 0.3 is 5.97 Å². The van der Waals surface area contributed by atoms with E-state index in [0.29, 0.717) is 47.6 Å². The molecule has 2 N–H and O–H groups in total. The number of thiophene rings is 1. The van der Waals surface area contributed by atoms with Crippen LogP contribution >= 0.6 is 23.1 Å². The second-order valence-corrected chi connectivity index (χ2v) is 9.65. The highest BCUT2D eigenvalue weighted by Crippen LogP contribution is 2.27. The van der Waals surface area contributed by atoms with E-state index in [0.717, 1.165) is 11.3 Å². The Balaban J connectivity index is 1.78. The molecule has 0 aliphatic carbocycles. The number of nitrogens with zero attached hydrogens (tertiary/aromatic N) is 2. The lowest BCUT2D eigenvalue weighted by Crippen LogP contribution is -2.28. The molecule has 3 rings (SSSR count). The number of anilines is 1. The molecular weight excluding hydrogens is 446 g/mol. The number of hydrogen-bond acceptors (Lipinski definition) is 6. The predicted octanol–water partition coefficient (Wildman–Crippen LogP) is 4.92. The standard InChI is InChI=1S/C23H27N3O4S2/c1-3-18(21(29)24-16-10-8-15(2)9-11-16)32-23-25-17-12-14-31-20(17)22(30)26(23)13-6-4-5-7-19(27)28/h8-12,14,18H,3-7,13H2,1-2H3,(H,24,29)(H,27,28)/t18-/m1/s1. The zero-order valence-electron chi connectivity index (χ0n) is 18.2. The first-order valence-corrected chi connectivity index (χ1v) is 12.4. The molecule has 1 amide bonds. The van der Waals surface area contributed by atoms with Crippen LogP contribution in [0.4, 0.5) is 5.69 Å². The summed E-state index contributed by atoms with van der Waals surface area (Å²) in [5, 5.41) is 13.7. The number of unbranched alkanes of at least 4 members (excludes halogenated alkanes) is 2. The zero-order valence-corrected chi connectivity index (χ0v) is 19.8. The van der Waals surface area contributed by atoms with Crippen LogP contribution in [0.2, 0.25) is 0 Å². The van der Waals surface area contributed by atoms with Crippen molar-refractivity contribution in [3.8, 4) is 0 Å². The van der Waals surface area contributed by atoms with Crippen molar-refractivity contribution in [3.05, 3.63) is 51.6 Å². The molecule has 32 heavy (non-hydrogen) atoms. The van der Waals surface area contributed by atoms with Crippen molar-refractivity contribution in [2.24, 2.45) is 0 Å². The van der Waals surface area contributed by atoms with Crippen LogP contribution in [0.3, 0.4) is 0 Å². The average Bonchev–Trinajstić information content (AvgIpc) is 3.23. The molecule has 0 unspecified atom stereocenters. The lowest BCUT2D eigenvalue weighted by Gasteiger charge is -2.17. The van der Waals surface area contributed by atoms with Gasteiger partial charge in [0.05, 0.1) is 10.8 Å². The van der Waals surface area contributed by atoms with Gasteiger partial charge in [0, 0.05) is 18.7 Å². The van der Waals surface area contributed by atoms with E-state index in [1.807, 2.05) is 49.6 Å². The molecule has 0 saturated carbocycles. The molecule has 1 aromatic carbocycles. The average molecular weight is 474 g/mol. The summed E-state index contributed by atoms with van der Waals surface area (Å²) in [5.74, 6) is -0.945. The monoisotopic (exact) mass is 473 g/mol. The number of fused-ring (bicyclic) bond motifs is 1. The second-order valence-electron chi connectivity index (χ2n) is 7.56. The number of hydrogen-bond donors (Lipinski definition) is 2. The van der Waals surface area contributed by atoms with E-state index >= 15 is 0 Å². The third-order valence-electron chi connectivity index (χ3n) is 5.03.